The van der Waals surface area contributed by atoms with Gasteiger partial charge in [-0.15, -0.1) is 0 Å². The van der Waals surface area contributed by atoms with Crippen LogP contribution >= 0.6 is 23.2 Å². The fourth-order valence-corrected chi connectivity index (χ4v) is 4.49. The molecule has 144 valence electrons. The molecule has 5 nitrogen and oxygen atoms in total. The Balaban J connectivity index is 1.31. The van der Waals surface area contributed by atoms with Crippen molar-refractivity contribution in [2.24, 2.45) is 0 Å². The minimum Gasteiger partial charge on any atom is -0.441 e. The molecule has 0 radical (unpaired) electrons. The van der Waals surface area contributed by atoms with Crippen LogP contribution in [0, 0.1) is 0 Å². The average Bonchev–Trinajstić information content (AvgIpc) is 3.39. The van der Waals surface area contributed by atoms with E-state index in [4.69, 9.17) is 27.6 Å². The van der Waals surface area contributed by atoms with E-state index in [1.165, 1.54) is 25.9 Å². The summed E-state index contributed by atoms with van der Waals surface area (Å²) < 4.78 is 5.79. The Hall–Kier alpha value is -1.56. The Labute approximate surface area is 169 Å². The molecule has 1 aromatic carbocycles. The van der Waals surface area contributed by atoms with Crippen molar-refractivity contribution < 1.29 is 9.21 Å². The summed E-state index contributed by atoms with van der Waals surface area (Å²) in [6.07, 6.45) is 6.22. The Bertz CT molecular complexity index is 817. The molecule has 27 heavy (non-hydrogen) atoms. The molecule has 0 saturated carbocycles. The summed E-state index contributed by atoms with van der Waals surface area (Å²) in [5.74, 6) is 1.33. The van der Waals surface area contributed by atoms with Crippen molar-refractivity contribution in [1.29, 1.82) is 0 Å². The third kappa shape index (κ3) is 4.31. The van der Waals surface area contributed by atoms with Gasteiger partial charge in [-0.1, -0.05) is 23.2 Å². The molecule has 2 saturated heterocycles. The summed E-state index contributed by atoms with van der Waals surface area (Å²) >= 11 is 12.1. The highest BCUT2D eigenvalue weighted by molar-refractivity contribution is 6.36. The topological polar surface area (TPSA) is 49.6 Å². The molecule has 1 atom stereocenters. The fourth-order valence-electron chi connectivity index (χ4n) is 3.98. The number of carbonyl (C=O) groups excluding carboxylic acids is 1. The molecule has 0 spiro atoms. The monoisotopic (exact) mass is 407 g/mol. The zero-order valence-corrected chi connectivity index (χ0v) is 16.7. The van der Waals surface area contributed by atoms with Crippen molar-refractivity contribution in [1.82, 2.24) is 14.8 Å². The first-order valence-corrected chi connectivity index (χ1v) is 10.3. The van der Waals surface area contributed by atoms with E-state index in [2.05, 4.69) is 9.88 Å². The summed E-state index contributed by atoms with van der Waals surface area (Å²) in [7, 11) is 0. The first kappa shape index (κ1) is 18.8. The van der Waals surface area contributed by atoms with E-state index in [9.17, 15) is 4.79 Å². The normalized spacial score (nSPS) is 20.5. The third-order valence-electron chi connectivity index (χ3n) is 5.48. The SMILES string of the molecule is O=C(CCc1ncc(-c2ccc(Cl)cc2Cl)o1)N1CCC(N2CCCC2)C1. The van der Waals surface area contributed by atoms with Crippen molar-refractivity contribution in [3.05, 3.63) is 40.3 Å². The molecule has 0 bridgehead atoms. The summed E-state index contributed by atoms with van der Waals surface area (Å²) in [4.78, 5) is 21.4. The van der Waals surface area contributed by atoms with Gasteiger partial charge in [0.2, 0.25) is 5.91 Å². The van der Waals surface area contributed by atoms with Gasteiger partial charge in [-0.25, -0.2) is 4.98 Å². The predicted molar refractivity (Wildman–Crippen MR) is 106 cm³/mol. The maximum absolute atomic E-state index is 12.5. The lowest BCUT2D eigenvalue weighted by atomic mass is 10.2. The number of carbonyl (C=O) groups is 1. The van der Waals surface area contributed by atoms with Crippen LogP contribution in [0.5, 0.6) is 0 Å². The molecular formula is C20H23Cl2N3O2. The quantitative estimate of drug-likeness (QED) is 0.741. The van der Waals surface area contributed by atoms with Gasteiger partial charge >= 0.3 is 0 Å². The molecule has 1 unspecified atom stereocenters. The van der Waals surface area contributed by atoms with E-state index < -0.39 is 0 Å². The zero-order chi connectivity index (χ0) is 18.8. The molecule has 3 heterocycles. The molecule has 2 fully saturated rings. The molecular weight excluding hydrogens is 385 g/mol. The Kier molecular flexibility index (Phi) is 5.71. The van der Waals surface area contributed by atoms with Crippen molar-refractivity contribution in [3.8, 4) is 11.3 Å². The van der Waals surface area contributed by atoms with Crippen molar-refractivity contribution in [2.75, 3.05) is 26.2 Å². The number of aromatic nitrogens is 1. The van der Waals surface area contributed by atoms with Gasteiger partial charge in [0.15, 0.2) is 11.7 Å². The lowest BCUT2D eigenvalue weighted by molar-refractivity contribution is -0.130. The van der Waals surface area contributed by atoms with Crippen LogP contribution in [0.2, 0.25) is 10.0 Å². The van der Waals surface area contributed by atoms with Gasteiger partial charge in [0.05, 0.1) is 11.2 Å². The van der Waals surface area contributed by atoms with Crippen LogP contribution in [0.15, 0.2) is 28.8 Å². The van der Waals surface area contributed by atoms with Gasteiger partial charge < -0.3 is 9.32 Å². The summed E-state index contributed by atoms with van der Waals surface area (Å²) in [5, 5.41) is 1.10. The van der Waals surface area contributed by atoms with Crippen LogP contribution in [-0.2, 0) is 11.2 Å². The second-order valence-electron chi connectivity index (χ2n) is 7.27. The number of benzene rings is 1. The molecule has 1 aromatic heterocycles. The second-order valence-corrected chi connectivity index (χ2v) is 8.11. The highest BCUT2D eigenvalue weighted by Crippen LogP contribution is 2.31. The Morgan fingerprint density at radius 3 is 2.81 bits per heavy atom. The van der Waals surface area contributed by atoms with E-state index in [-0.39, 0.29) is 5.91 Å². The van der Waals surface area contributed by atoms with Crippen molar-refractivity contribution >= 4 is 29.1 Å². The zero-order valence-electron chi connectivity index (χ0n) is 15.2. The predicted octanol–water partition coefficient (Wildman–Crippen LogP) is 4.28. The van der Waals surface area contributed by atoms with Crippen molar-refractivity contribution in [2.45, 2.75) is 38.1 Å². The highest BCUT2D eigenvalue weighted by Gasteiger charge is 2.31. The maximum Gasteiger partial charge on any atom is 0.223 e. The Morgan fingerprint density at radius 2 is 2.04 bits per heavy atom. The number of hydrogen-bond donors (Lipinski definition) is 0. The van der Waals surface area contributed by atoms with Gasteiger partial charge in [-0.05, 0) is 50.6 Å². The number of aryl methyl sites for hydroxylation is 1. The number of nitrogens with zero attached hydrogens (tertiary/aromatic N) is 3. The van der Waals surface area contributed by atoms with Crippen LogP contribution in [-0.4, -0.2) is 52.9 Å². The fraction of sp³-hybridized carbons (Fsp3) is 0.500. The van der Waals surface area contributed by atoms with Gasteiger partial charge in [0, 0.05) is 42.6 Å². The lowest BCUT2D eigenvalue weighted by Crippen LogP contribution is -2.37. The number of halogens is 2. The van der Waals surface area contributed by atoms with Gasteiger partial charge in [0.25, 0.3) is 0 Å². The molecule has 2 aromatic rings. The Morgan fingerprint density at radius 1 is 1.22 bits per heavy atom. The van der Waals surface area contributed by atoms with Gasteiger partial charge in [0.1, 0.15) is 0 Å². The van der Waals surface area contributed by atoms with E-state index in [1.807, 2.05) is 11.0 Å². The number of likely N-dealkylation sites (tertiary alicyclic amines) is 2. The molecule has 2 aliphatic rings. The van der Waals surface area contributed by atoms with E-state index in [0.29, 0.717) is 40.6 Å². The number of amides is 1. The molecule has 0 aliphatic carbocycles. The number of hydrogen-bond acceptors (Lipinski definition) is 4. The molecule has 1 amide bonds. The minimum absolute atomic E-state index is 0.181. The summed E-state index contributed by atoms with van der Waals surface area (Å²) in [6.45, 7) is 4.07. The number of rotatable bonds is 5. The molecule has 2 aliphatic heterocycles. The van der Waals surface area contributed by atoms with E-state index >= 15 is 0 Å². The number of oxazole rings is 1. The average molecular weight is 408 g/mol. The smallest absolute Gasteiger partial charge is 0.223 e. The summed E-state index contributed by atoms with van der Waals surface area (Å²) in [6, 6.07) is 5.78. The molecule has 0 N–H and O–H groups in total. The third-order valence-corrected chi connectivity index (χ3v) is 6.02. The van der Waals surface area contributed by atoms with Crippen LogP contribution in [0.1, 0.15) is 31.6 Å². The second kappa shape index (κ2) is 8.21. The lowest BCUT2D eigenvalue weighted by Gasteiger charge is -2.23. The van der Waals surface area contributed by atoms with Crippen LogP contribution < -0.4 is 0 Å². The van der Waals surface area contributed by atoms with E-state index in [1.54, 1.807) is 18.3 Å². The molecule has 7 heteroatoms. The highest BCUT2D eigenvalue weighted by atomic mass is 35.5. The van der Waals surface area contributed by atoms with Crippen LogP contribution in [0.25, 0.3) is 11.3 Å². The van der Waals surface area contributed by atoms with Crippen LogP contribution in [0.4, 0.5) is 0 Å². The van der Waals surface area contributed by atoms with Gasteiger partial charge in [-0.3, -0.25) is 9.69 Å². The first-order valence-electron chi connectivity index (χ1n) is 9.52. The minimum atomic E-state index is 0.181. The van der Waals surface area contributed by atoms with Crippen LogP contribution in [0.3, 0.4) is 0 Å². The standard InChI is InChI=1S/C20H23Cl2N3O2/c21-14-3-4-16(17(22)11-14)18-12-23-19(27-18)5-6-20(26)25-10-7-15(13-25)24-8-1-2-9-24/h3-4,11-12,15H,1-2,5-10,13H2. The first-order chi connectivity index (χ1) is 13.1. The van der Waals surface area contributed by atoms with E-state index in [0.717, 1.165) is 25.1 Å². The maximum atomic E-state index is 12.5. The van der Waals surface area contributed by atoms with Gasteiger partial charge in [-0.2, -0.15) is 0 Å². The summed E-state index contributed by atoms with van der Waals surface area (Å²) in [5.41, 5.74) is 0.749. The largest absolute Gasteiger partial charge is 0.441 e. The van der Waals surface area contributed by atoms with Crippen molar-refractivity contribution in [3.63, 3.8) is 0 Å². The molecule has 4 rings (SSSR count).